The highest BCUT2D eigenvalue weighted by molar-refractivity contribution is 7.99. The first-order chi connectivity index (χ1) is 22.8. The van der Waals surface area contributed by atoms with E-state index in [-0.39, 0.29) is 0 Å². The molecule has 0 unspecified atom stereocenters. The molecular weight excluding hydrogens is 593 g/mol. The van der Waals surface area contributed by atoms with Gasteiger partial charge in [0.15, 0.2) is 0 Å². The molecule has 1 aliphatic heterocycles. The molecule has 0 spiro atoms. The van der Waals surface area contributed by atoms with E-state index >= 15 is 0 Å². The lowest BCUT2D eigenvalue weighted by molar-refractivity contribution is 1.40. The fraction of sp³-hybridized carbons (Fsp3) is 0. The quantitative estimate of drug-likeness (QED) is 0.184. The summed E-state index contributed by atoms with van der Waals surface area (Å²) in [6, 6.07) is 62.0. The molecule has 2 heteroatoms. The molecule has 0 saturated heterocycles. The van der Waals surface area contributed by atoms with Gasteiger partial charge in [-0.15, -0.1) is 11.3 Å². The van der Waals surface area contributed by atoms with Gasteiger partial charge in [0.2, 0.25) is 0 Å². The molecule has 8 aromatic rings. The van der Waals surface area contributed by atoms with E-state index in [0.29, 0.717) is 0 Å². The predicted molar refractivity (Wildman–Crippen MR) is 199 cm³/mol. The van der Waals surface area contributed by atoms with Crippen molar-refractivity contribution in [2.45, 2.75) is 9.79 Å². The van der Waals surface area contributed by atoms with Crippen LogP contribution in [-0.4, -0.2) is 0 Å². The summed E-state index contributed by atoms with van der Waals surface area (Å²) in [7, 11) is 0. The van der Waals surface area contributed by atoms with Crippen LogP contribution in [0.2, 0.25) is 0 Å². The molecule has 9 rings (SSSR count). The van der Waals surface area contributed by atoms with Crippen LogP contribution in [0.1, 0.15) is 0 Å². The Labute approximate surface area is 277 Å². The minimum Gasteiger partial charge on any atom is -0.135 e. The molecule has 0 amide bonds. The van der Waals surface area contributed by atoms with Crippen LogP contribution in [0.4, 0.5) is 0 Å². The third-order valence-corrected chi connectivity index (χ3v) is 11.3. The lowest BCUT2D eigenvalue weighted by atomic mass is 9.91. The number of rotatable bonds is 5. The largest absolute Gasteiger partial charge is 0.135 e. The summed E-state index contributed by atoms with van der Waals surface area (Å²) < 4.78 is 0. The molecule has 216 valence electrons. The van der Waals surface area contributed by atoms with Crippen molar-refractivity contribution in [3.8, 4) is 65.4 Å². The van der Waals surface area contributed by atoms with Crippen molar-refractivity contribution in [2.24, 2.45) is 0 Å². The molecule has 1 aliphatic rings. The Morgan fingerprint density at radius 3 is 1.74 bits per heavy atom. The maximum Gasteiger partial charge on any atom is 0.0355 e. The third-order valence-electron chi connectivity index (χ3n) is 8.96. The standard InChI is InChI=1S/C44H28S2/c1-3-10-30(11-4-1)34-23-22-33(28-39(34)31-12-5-2-6-13-31)29-18-20-32(21-19-29)40-26-27-42(45-40)36-24-25-43-44-37(15-9-16-38(36)44)35-14-7-8-17-41(35)46-43/h1-28H. The topological polar surface area (TPSA) is 0 Å². The zero-order valence-electron chi connectivity index (χ0n) is 25.0. The van der Waals surface area contributed by atoms with Crippen LogP contribution in [0, 0.1) is 0 Å². The normalized spacial score (nSPS) is 11.8. The van der Waals surface area contributed by atoms with Gasteiger partial charge in [0.25, 0.3) is 0 Å². The molecule has 1 aromatic heterocycles. The molecule has 46 heavy (non-hydrogen) atoms. The van der Waals surface area contributed by atoms with Gasteiger partial charge in [-0.05, 0) is 91.4 Å². The summed E-state index contributed by atoms with van der Waals surface area (Å²) >= 11 is 3.75. The predicted octanol–water partition coefficient (Wildman–Crippen LogP) is 13.4. The van der Waals surface area contributed by atoms with Gasteiger partial charge in [0.1, 0.15) is 0 Å². The number of fused-ring (bicyclic) bond motifs is 2. The summed E-state index contributed by atoms with van der Waals surface area (Å²) in [5.74, 6) is 0. The molecule has 0 nitrogen and oxygen atoms in total. The first-order valence-corrected chi connectivity index (χ1v) is 17.2. The molecule has 0 fully saturated rings. The van der Waals surface area contributed by atoms with Crippen molar-refractivity contribution >= 4 is 33.9 Å². The average molecular weight is 621 g/mol. The highest BCUT2D eigenvalue weighted by Crippen LogP contribution is 2.50. The second kappa shape index (κ2) is 11.3. The van der Waals surface area contributed by atoms with E-state index in [2.05, 4.69) is 170 Å². The smallest absolute Gasteiger partial charge is 0.0355 e. The van der Waals surface area contributed by atoms with Crippen molar-refractivity contribution in [2.75, 3.05) is 0 Å². The zero-order valence-corrected chi connectivity index (χ0v) is 26.6. The SMILES string of the molecule is c1ccc(-c2ccc(-c3ccc(-c4ccc(-c5ccc6c7c(cccc57)-c5ccccc5S6)s4)cc3)cc2-c2ccccc2)cc1. The summed E-state index contributed by atoms with van der Waals surface area (Å²) in [4.78, 5) is 5.26. The first-order valence-electron chi connectivity index (χ1n) is 15.6. The minimum absolute atomic E-state index is 1.22. The Morgan fingerprint density at radius 2 is 0.935 bits per heavy atom. The molecule has 0 atom stereocenters. The highest BCUT2D eigenvalue weighted by Gasteiger charge is 2.21. The van der Waals surface area contributed by atoms with Crippen LogP contribution in [0.5, 0.6) is 0 Å². The summed E-state index contributed by atoms with van der Waals surface area (Å²) in [6.45, 7) is 0. The van der Waals surface area contributed by atoms with Gasteiger partial charge in [-0.1, -0.05) is 151 Å². The van der Waals surface area contributed by atoms with Crippen molar-refractivity contribution in [3.63, 3.8) is 0 Å². The van der Waals surface area contributed by atoms with E-state index in [1.165, 1.54) is 86.0 Å². The molecule has 0 saturated carbocycles. The summed E-state index contributed by atoms with van der Waals surface area (Å²) in [5.41, 5.74) is 12.6. The molecule has 0 radical (unpaired) electrons. The van der Waals surface area contributed by atoms with Crippen molar-refractivity contribution in [3.05, 3.63) is 170 Å². The first kappa shape index (κ1) is 27.2. The van der Waals surface area contributed by atoms with Crippen molar-refractivity contribution in [1.82, 2.24) is 0 Å². The highest BCUT2D eigenvalue weighted by atomic mass is 32.2. The van der Waals surface area contributed by atoms with Crippen LogP contribution in [0.25, 0.3) is 76.2 Å². The van der Waals surface area contributed by atoms with Gasteiger partial charge in [0, 0.05) is 24.9 Å². The van der Waals surface area contributed by atoms with Crippen LogP contribution < -0.4 is 0 Å². The lowest BCUT2D eigenvalue weighted by Crippen LogP contribution is -1.93. The summed E-state index contributed by atoms with van der Waals surface area (Å²) in [6.07, 6.45) is 0. The Morgan fingerprint density at radius 1 is 0.304 bits per heavy atom. The summed E-state index contributed by atoms with van der Waals surface area (Å²) in [5, 5.41) is 2.70. The average Bonchev–Trinajstić information content (AvgIpc) is 3.63. The second-order valence-electron chi connectivity index (χ2n) is 11.7. The Balaban J connectivity index is 1.06. The second-order valence-corrected chi connectivity index (χ2v) is 13.8. The van der Waals surface area contributed by atoms with E-state index in [9.17, 15) is 0 Å². The van der Waals surface area contributed by atoms with Crippen LogP contribution in [0.15, 0.2) is 180 Å². The van der Waals surface area contributed by atoms with Gasteiger partial charge in [-0.2, -0.15) is 0 Å². The van der Waals surface area contributed by atoms with Crippen molar-refractivity contribution < 1.29 is 0 Å². The van der Waals surface area contributed by atoms with Crippen LogP contribution in [-0.2, 0) is 0 Å². The van der Waals surface area contributed by atoms with E-state index in [1.54, 1.807) is 0 Å². The Hall–Kier alpha value is -5.15. The third kappa shape index (κ3) is 4.70. The van der Waals surface area contributed by atoms with E-state index in [4.69, 9.17) is 0 Å². The Kier molecular flexibility index (Phi) is 6.70. The monoisotopic (exact) mass is 620 g/mol. The van der Waals surface area contributed by atoms with Crippen LogP contribution in [0.3, 0.4) is 0 Å². The molecule has 0 aliphatic carbocycles. The van der Waals surface area contributed by atoms with E-state index in [0.717, 1.165) is 0 Å². The maximum atomic E-state index is 2.34. The molecule has 7 aromatic carbocycles. The lowest BCUT2D eigenvalue weighted by Gasteiger charge is -2.21. The fourth-order valence-electron chi connectivity index (χ4n) is 6.71. The number of thiophene rings is 1. The zero-order chi connectivity index (χ0) is 30.5. The van der Waals surface area contributed by atoms with Gasteiger partial charge in [0.05, 0.1) is 0 Å². The van der Waals surface area contributed by atoms with E-state index in [1.807, 2.05) is 23.1 Å². The number of hydrogen-bond donors (Lipinski definition) is 0. The van der Waals surface area contributed by atoms with Crippen molar-refractivity contribution in [1.29, 1.82) is 0 Å². The number of hydrogen-bond acceptors (Lipinski definition) is 2. The van der Waals surface area contributed by atoms with Gasteiger partial charge >= 0.3 is 0 Å². The molecular formula is C44H28S2. The fourth-order valence-corrected chi connectivity index (χ4v) is 8.89. The van der Waals surface area contributed by atoms with Gasteiger partial charge < -0.3 is 0 Å². The van der Waals surface area contributed by atoms with E-state index < -0.39 is 0 Å². The van der Waals surface area contributed by atoms with Gasteiger partial charge in [-0.3, -0.25) is 0 Å². The Bertz CT molecular complexity index is 2370. The van der Waals surface area contributed by atoms with Crippen LogP contribution >= 0.6 is 23.1 Å². The molecule has 2 heterocycles. The number of benzene rings is 7. The molecule has 0 N–H and O–H groups in total. The minimum atomic E-state index is 1.22. The molecule has 0 bridgehead atoms. The van der Waals surface area contributed by atoms with Gasteiger partial charge in [-0.25, -0.2) is 0 Å². The maximum absolute atomic E-state index is 2.34.